The molecule has 5 rings (SSSR count). The molecule has 170 valence electrons. The molecule has 4 aromatic rings. The van der Waals surface area contributed by atoms with Gasteiger partial charge in [-0.3, -0.25) is 0 Å². The normalized spacial score (nSPS) is 13.7. The van der Waals surface area contributed by atoms with E-state index in [1.54, 1.807) is 22.7 Å². The lowest BCUT2D eigenvalue weighted by atomic mass is 10.0. The number of benzene rings is 2. The van der Waals surface area contributed by atoms with Crippen molar-refractivity contribution in [1.29, 1.82) is 0 Å². The zero-order valence-electron chi connectivity index (χ0n) is 19.3. The Balaban J connectivity index is 1.48. The van der Waals surface area contributed by atoms with Gasteiger partial charge in [0.2, 0.25) is 0 Å². The fourth-order valence-corrected chi connectivity index (χ4v) is 9.69. The average Bonchev–Trinajstić information content (AvgIpc) is 3.60. The minimum absolute atomic E-state index is 0.780. The Hall–Kier alpha value is -1.93. The highest BCUT2D eigenvalue weighted by Crippen LogP contribution is 2.55. The molecule has 0 saturated heterocycles. The molecule has 2 aromatic heterocycles. The molecule has 0 bridgehead atoms. The van der Waals surface area contributed by atoms with Crippen LogP contribution in [0.25, 0.3) is 32.0 Å². The van der Waals surface area contributed by atoms with E-state index in [1.807, 2.05) is 0 Å². The van der Waals surface area contributed by atoms with Crippen LogP contribution in [0.3, 0.4) is 0 Å². The van der Waals surface area contributed by atoms with Crippen LogP contribution < -0.4 is 10.6 Å². The topological polar surface area (TPSA) is 17.1 Å². The number of thiophene rings is 2. The second-order valence-corrected chi connectivity index (χ2v) is 13.8. The van der Waals surface area contributed by atoms with Crippen molar-refractivity contribution in [3.63, 3.8) is 0 Å². The van der Waals surface area contributed by atoms with Crippen LogP contribution in [0.1, 0.15) is 51.9 Å². The first-order chi connectivity index (χ1) is 16.2. The monoisotopic (exact) mass is 490 g/mol. The maximum absolute atomic E-state index is 14.8. The van der Waals surface area contributed by atoms with Gasteiger partial charge in [-0.15, -0.1) is 22.7 Å². The van der Waals surface area contributed by atoms with E-state index in [4.69, 9.17) is 0 Å². The van der Waals surface area contributed by atoms with Gasteiger partial charge in [0.05, 0.1) is 0 Å². The van der Waals surface area contributed by atoms with E-state index < -0.39 is 7.14 Å². The number of rotatable bonds is 10. The third-order valence-corrected chi connectivity index (χ3v) is 11.8. The van der Waals surface area contributed by atoms with Gasteiger partial charge in [-0.25, -0.2) is 0 Å². The van der Waals surface area contributed by atoms with Gasteiger partial charge in [0.15, 0.2) is 0 Å². The van der Waals surface area contributed by atoms with Gasteiger partial charge >= 0.3 is 0 Å². The Bertz CT molecular complexity index is 1170. The molecule has 33 heavy (non-hydrogen) atoms. The van der Waals surface area contributed by atoms with E-state index in [-0.39, 0.29) is 0 Å². The van der Waals surface area contributed by atoms with Crippen LogP contribution >= 0.6 is 29.8 Å². The SMILES string of the molecule is CCCCCCCCCP1(=O)c2cc(-c3cccs3)ccc2-c2ccc(-c3cccs3)cc21. The molecule has 0 amide bonds. The third kappa shape index (κ3) is 4.56. The zero-order chi connectivity index (χ0) is 22.7. The summed E-state index contributed by atoms with van der Waals surface area (Å²) >= 11 is 3.50. The van der Waals surface area contributed by atoms with Crippen molar-refractivity contribution >= 4 is 40.4 Å². The quantitative estimate of drug-likeness (QED) is 0.160. The Morgan fingerprint density at radius 1 is 0.667 bits per heavy atom. The molecule has 4 heteroatoms. The number of hydrogen-bond acceptors (Lipinski definition) is 3. The molecule has 0 atom stereocenters. The maximum Gasteiger partial charge on any atom is 0.144 e. The van der Waals surface area contributed by atoms with Crippen molar-refractivity contribution in [2.75, 3.05) is 6.16 Å². The van der Waals surface area contributed by atoms with Crippen LogP contribution in [0.5, 0.6) is 0 Å². The molecule has 2 aromatic carbocycles. The number of hydrogen-bond donors (Lipinski definition) is 0. The Kier molecular flexibility index (Phi) is 7.02. The molecular weight excluding hydrogens is 459 g/mol. The standard InChI is InChI=1S/C29H31OPS2/c1-2-3-4-5-6-7-8-17-31(30)26-20-22(28-11-9-18-32-28)13-15-24(26)25-16-14-23(21-27(25)31)29-12-10-19-33-29/h9-16,18-21H,2-8,17H2,1H3. The Labute approximate surface area is 205 Å². The van der Waals surface area contributed by atoms with Gasteiger partial charge in [-0.05, 0) is 63.7 Å². The maximum atomic E-state index is 14.8. The lowest BCUT2D eigenvalue weighted by Crippen LogP contribution is -2.13. The molecule has 0 saturated carbocycles. The Morgan fingerprint density at radius 3 is 1.67 bits per heavy atom. The Morgan fingerprint density at radius 2 is 1.18 bits per heavy atom. The van der Waals surface area contributed by atoms with Gasteiger partial charge in [0.1, 0.15) is 7.14 Å². The highest BCUT2D eigenvalue weighted by atomic mass is 32.1. The predicted octanol–water partition coefficient (Wildman–Crippen LogP) is 9.19. The first kappa shape index (κ1) is 22.8. The molecule has 0 N–H and O–H groups in total. The van der Waals surface area contributed by atoms with E-state index in [0.29, 0.717) is 0 Å². The number of unbranched alkanes of at least 4 members (excludes halogenated alkanes) is 6. The third-order valence-electron chi connectivity index (χ3n) is 6.75. The number of fused-ring (bicyclic) bond motifs is 3. The summed E-state index contributed by atoms with van der Waals surface area (Å²) in [6.07, 6.45) is 9.48. The van der Waals surface area contributed by atoms with Crippen LogP contribution in [0.15, 0.2) is 71.4 Å². The average molecular weight is 491 g/mol. The lowest BCUT2D eigenvalue weighted by Gasteiger charge is -2.16. The molecule has 0 spiro atoms. The first-order valence-electron chi connectivity index (χ1n) is 12.2. The van der Waals surface area contributed by atoms with Crippen LogP contribution in [-0.4, -0.2) is 6.16 Å². The summed E-state index contributed by atoms with van der Waals surface area (Å²) in [5.41, 5.74) is 4.73. The van der Waals surface area contributed by atoms with Crippen molar-refractivity contribution < 1.29 is 4.57 Å². The van der Waals surface area contributed by atoms with Crippen LogP contribution in [-0.2, 0) is 4.57 Å². The first-order valence-corrected chi connectivity index (χ1v) is 15.8. The van der Waals surface area contributed by atoms with Crippen molar-refractivity contribution in [2.45, 2.75) is 51.9 Å². The second kappa shape index (κ2) is 10.1. The fraction of sp³-hybridized carbons (Fsp3) is 0.310. The largest absolute Gasteiger partial charge is 0.314 e. The van der Waals surface area contributed by atoms with Crippen molar-refractivity contribution in [2.24, 2.45) is 0 Å². The zero-order valence-corrected chi connectivity index (χ0v) is 21.8. The van der Waals surface area contributed by atoms with Gasteiger partial charge in [-0.2, -0.15) is 0 Å². The van der Waals surface area contributed by atoms with Gasteiger partial charge < -0.3 is 4.57 Å². The molecule has 3 heterocycles. The molecule has 1 aliphatic rings. The molecule has 0 unspecified atom stereocenters. The molecular formula is C29H31OPS2. The minimum atomic E-state index is -2.66. The van der Waals surface area contributed by atoms with E-state index in [2.05, 4.69) is 78.3 Å². The van der Waals surface area contributed by atoms with Crippen LogP contribution in [0.4, 0.5) is 0 Å². The summed E-state index contributed by atoms with van der Waals surface area (Å²) in [7, 11) is -2.66. The molecule has 0 fully saturated rings. The van der Waals surface area contributed by atoms with Gasteiger partial charge in [0.25, 0.3) is 0 Å². The highest BCUT2D eigenvalue weighted by Gasteiger charge is 2.38. The summed E-state index contributed by atoms with van der Waals surface area (Å²) in [6.45, 7) is 2.26. The van der Waals surface area contributed by atoms with E-state index in [9.17, 15) is 4.57 Å². The van der Waals surface area contributed by atoms with Gasteiger partial charge in [-0.1, -0.05) is 81.8 Å². The fourth-order valence-electron chi connectivity index (χ4n) is 4.97. The highest BCUT2D eigenvalue weighted by molar-refractivity contribution is 7.80. The summed E-state index contributed by atoms with van der Waals surface area (Å²) in [6, 6.07) is 21.8. The second-order valence-electron chi connectivity index (χ2n) is 9.00. The summed E-state index contributed by atoms with van der Waals surface area (Å²) < 4.78 is 14.8. The summed E-state index contributed by atoms with van der Waals surface area (Å²) in [5.74, 6) is 0. The van der Waals surface area contributed by atoms with E-state index in [1.165, 1.54) is 70.5 Å². The molecule has 1 aliphatic heterocycles. The van der Waals surface area contributed by atoms with Gasteiger partial charge in [0, 0.05) is 26.5 Å². The lowest BCUT2D eigenvalue weighted by molar-refractivity contribution is 0.577. The van der Waals surface area contributed by atoms with Crippen LogP contribution in [0, 0.1) is 0 Å². The predicted molar refractivity (Wildman–Crippen MR) is 148 cm³/mol. The van der Waals surface area contributed by atoms with Crippen LogP contribution in [0.2, 0.25) is 0 Å². The minimum Gasteiger partial charge on any atom is -0.314 e. The van der Waals surface area contributed by atoms with Crippen molar-refractivity contribution in [3.05, 3.63) is 71.4 Å². The molecule has 1 nitrogen and oxygen atoms in total. The van der Waals surface area contributed by atoms with Crippen molar-refractivity contribution in [3.8, 4) is 32.0 Å². The van der Waals surface area contributed by atoms with Crippen molar-refractivity contribution in [1.82, 2.24) is 0 Å². The smallest absolute Gasteiger partial charge is 0.144 e. The van der Waals surface area contributed by atoms with E-state index >= 15 is 0 Å². The molecule has 0 radical (unpaired) electrons. The molecule has 0 aliphatic carbocycles. The van der Waals surface area contributed by atoms with E-state index in [0.717, 1.165) is 23.2 Å². The summed E-state index contributed by atoms with van der Waals surface area (Å²) in [5, 5.41) is 6.39. The summed E-state index contributed by atoms with van der Waals surface area (Å²) in [4.78, 5) is 2.49.